The molecule has 1 aromatic carbocycles. The third-order valence-corrected chi connectivity index (χ3v) is 3.84. The summed E-state index contributed by atoms with van der Waals surface area (Å²) in [6, 6.07) is 9.18. The summed E-state index contributed by atoms with van der Waals surface area (Å²) in [7, 11) is 1.63. The largest absolute Gasteiger partial charge is 0.445 e. The minimum Gasteiger partial charge on any atom is -0.445 e. The third kappa shape index (κ3) is 8.01. The fraction of sp³-hybridized carbons (Fsp3) is 0.462. The Morgan fingerprint density at radius 2 is 2.00 bits per heavy atom. The van der Waals surface area contributed by atoms with E-state index >= 15 is 0 Å². The number of carbonyl (C=O) groups is 1. The molecule has 0 aromatic heterocycles. The lowest BCUT2D eigenvalue weighted by Crippen LogP contribution is -2.33. The molecule has 0 heterocycles. The molecule has 20 heavy (non-hydrogen) atoms. The maximum atomic E-state index is 11.5. The molecule has 0 saturated heterocycles. The standard InChI is InChI=1S/C13H18ClNO4S/c1-11(6-5-9-20(14,17)18)15-13(16)19-10-12-7-3-2-4-8-12/h2-4,7-8,11H,5-6,9-10H2,1H3,(H,15,16). The van der Waals surface area contributed by atoms with Crippen LogP contribution in [0.1, 0.15) is 25.3 Å². The van der Waals surface area contributed by atoms with Crippen LogP contribution < -0.4 is 5.32 Å². The summed E-state index contributed by atoms with van der Waals surface area (Å²) in [6.45, 7) is 1.99. The van der Waals surface area contributed by atoms with Crippen molar-refractivity contribution in [3.8, 4) is 0 Å². The van der Waals surface area contributed by atoms with Crippen LogP contribution in [0.25, 0.3) is 0 Å². The number of hydrogen-bond donors (Lipinski definition) is 1. The van der Waals surface area contributed by atoms with Crippen molar-refractivity contribution in [2.45, 2.75) is 32.4 Å². The van der Waals surface area contributed by atoms with Gasteiger partial charge < -0.3 is 10.1 Å². The van der Waals surface area contributed by atoms with Crippen molar-refractivity contribution in [3.63, 3.8) is 0 Å². The van der Waals surface area contributed by atoms with Gasteiger partial charge in [-0.2, -0.15) is 0 Å². The highest BCUT2D eigenvalue weighted by molar-refractivity contribution is 8.13. The number of carbonyl (C=O) groups excluding carboxylic acids is 1. The lowest BCUT2D eigenvalue weighted by Gasteiger charge is -2.13. The fourth-order valence-corrected chi connectivity index (χ4v) is 2.44. The lowest BCUT2D eigenvalue weighted by molar-refractivity contribution is 0.136. The van der Waals surface area contributed by atoms with Gasteiger partial charge in [0.15, 0.2) is 0 Å². The van der Waals surface area contributed by atoms with Crippen LogP contribution in [0.15, 0.2) is 30.3 Å². The van der Waals surface area contributed by atoms with Crippen LogP contribution in [0.4, 0.5) is 4.79 Å². The van der Waals surface area contributed by atoms with Crippen molar-refractivity contribution in [2.75, 3.05) is 5.75 Å². The molecule has 1 aromatic rings. The molecule has 1 N–H and O–H groups in total. The van der Waals surface area contributed by atoms with Crippen LogP contribution in [0.2, 0.25) is 0 Å². The van der Waals surface area contributed by atoms with Gasteiger partial charge in [-0.15, -0.1) is 0 Å². The topological polar surface area (TPSA) is 72.5 Å². The summed E-state index contributed by atoms with van der Waals surface area (Å²) in [5.74, 6) is -0.0976. The molecular weight excluding hydrogens is 302 g/mol. The Hall–Kier alpha value is -1.27. The Kier molecular flexibility index (Phi) is 6.81. The molecule has 0 radical (unpaired) electrons. The van der Waals surface area contributed by atoms with Crippen LogP contribution in [0.3, 0.4) is 0 Å². The van der Waals surface area contributed by atoms with Crippen LogP contribution in [0.5, 0.6) is 0 Å². The molecule has 1 amide bonds. The van der Waals surface area contributed by atoms with E-state index in [2.05, 4.69) is 5.32 Å². The van der Waals surface area contributed by atoms with Gasteiger partial charge in [0.2, 0.25) is 9.05 Å². The number of ether oxygens (including phenoxy) is 1. The summed E-state index contributed by atoms with van der Waals surface area (Å²) < 4.78 is 26.5. The molecule has 0 aliphatic rings. The summed E-state index contributed by atoms with van der Waals surface area (Å²) in [4.78, 5) is 11.5. The predicted molar refractivity (Wildman–Crippen MR) is 78.1 cm³/mol. The number of alkyl carbamates (subject to hydrolysis) is 1. The van der Waals surface area contributed by atoms with E-state index in [1.165, 1.54) is 0 Å². The summed E-state index contributed by atoms with van der Waals surface area (Å²) in [6.07, 6.45) is 0.397. The number of amides is 1. The molecule has 0 aliphatic heterocycles. The highest BCUT2D eigenvalue weighted by Crippen LogP contribution is 2.05. The second kappa shape index (κ2) is 8.11. The van der Waals surface area contributed by atoms with Crippen molar-refractivity contribution < 1.29 is 17.9 Å². The van der Waals surface area contributed by atoms with Crippen molar-refractivity contribution in [1.29, 1.82) is 0 Å². The molecule has 0 fully saturated rings. The van der Waals surface area contributed by atoms with Crippen molar-refractivity contribution in [1.82, 2.24) is 5.32 Å². The van der Waals surface area contributed by atoms with Gasteiger partial charge in [-0.1, -0.05) is 30.3 Å². The number of nitrogens with one attached hydrogen (secondary N) is 1. The monoisotopic (exact) mass is 319 g/mol. The van der Waals surface area contributed by atoms with E-state index in [0.29, 0.717) is 12.8 Å². The third-order valence-electron chi connectivity index (χ3n) is 2.60. The first kappa shape index (κ1) is 16.8. The molecule has 1 rings (SSSR count). The zero-order chi connectivity index (χ0) is 15.0. The first-order valence-corrected chi connectivity index (χ1v) is 8.74. The lowest BCUT2D eigenvalue weighted by atomic mass is 10.2. The van der Waals surface area contributed by atoms with Gasteiger partial charge >= 0.3 is 6.09 Å². The summed E-state index contributed by atoms with van der Waals surface area (Å²) in [5.41, 5.74) is 0.906. The molecule has 0 saturated carbocycles. The van der Waals surface area contributed by atoms with Crippen LogP contribution >= 0.6 is 10.7 Å². The quantitative estimate of drug-likeness (QED) is 0.784. The van der Waals surface area contributed by atoms with Gasteiger partial charge in [0.25, 0.3) is 0 Å². The van der Waals surface area contributed by atoms with E-state index in [1.807, 2.05) is 30.3 Å². The predicted octanol–water partition coefficient (Wildman–Crippen LogP) is 2.65. The van der Waals surface area contributed by atoms with E-state index in [-0.39, 0.29) is 18.4 Å². The van der Waals surface area contributed by atoms with Gasteiger partial charge in [-0.25, -0.2) is 13.2 Å². The molecule has 1 unspecified atom stereocenters. The minimum atomic E-state index is -3.47. The fourth-order valence-electron chi connectivity index (χ4n) is 1.60. The Labute approximate surface area is 123 Å². The van der Waals surface area contributed by atoms with E-state index in [4.69, 9.17) is 15.4 Å². The first-order valence-electron chi connectivity index (χ1n) is 6.26. The Balaban J connectivity index is 2.21. The second-order valence-electron chi connectivity index (χ2n) is 4.49. The minimum absolute atomic E-state index is 0.0976. The van der Waals surface area contributed by atoms with E-state index in [9.17, 15) is 13.2 Å². The Morgan fingerprint density at radius 3 is 2.60 bits per heavy atom. The van der Waals surface area contributed by atoms with Crippen molar-refractivity contribution in [3.05, 3.63) is 35.9 Å². The average Bonchev–Trinajstić information content (AvgIpc) is 2.36. The van der Waals surface area contributed by atoms with Crippen LogP contribution in [-0.2, 0) is 20.4 Å². The molecule has 7 heteroatoms. The van der Waals surface area contributed by atoms with Gasteiger partial charge in [0, 0.05) is 16.7 Å². The van der Waals surface area contributed by atoms with Crippen LogP contribution in [0, 0.1) is 0 Å². The smallest absolute Gasteiger partial charge is 0.407 e. The number of halogens is 1. The molecular formula is C13H18ClNO4S. The summed E-state index contributed by atoms with van der Waals surface area (Å²) in [5, 5.41) is 2.64. The zero-order valence-corrected chi connectivity index (χ0v) is 12.8. The van der Waals surface area contributed by atoms with Gasteiger partial charge in [0.1, 0.15) is 6.61 Å². The molecule has 0 aliphatic carbocycles. The Bertz CT molecular complexity index is 518. The van der Waals surface area contributed by atoms with Crippen LogP contribution in [-0.4, -0.2) is 26.3 Å². The molecule has 0 bridgehead atoms. The van der Waals surface area contributed by atoms with E-state index in [0.717, 1.165) is 5.56 Å². The van der Waals surface area contributed by atoms with Crippen molar-refractivity contribution >= 4 is 25.8 Å². The zero-order valence-electron chi connectivity index (χ0n) is 11.2. The molecule has 0 spiro atoms. The number of rotatable bonds is 7. The highest BCUT2D eigenvalue weighted by atomic mass is 35.7. The number of hydrogen-bond acceptors (Lipinski definition) is 4. The maximum Gasteiger partial charge on any atom is 0.407 e. The van der Waals surface area contributed by atoms with Gasteiger partial charge in [-0.05, 0) is 25.3 Å². The normalized spacial score (nSPS) is 12.7. The summed E-state index contributed by atoms with van der Waals surface area (Å²) >= 11 is 0. The number of benzene rings is 1. The molecule has 5 nitrogen and oxygen atoms in total. The second-order valence-corrected chi connectivity index (χ2v) is 7.39. The van der Waals surface area contributed by atoms with Crippen molar-refractivity contribution in [2.24, 2.45) is 0 Å². The maximum absolute atomic E-state index is 11.5. The highest BCUT2D eigenvalue weighted by Gasteiger charge is 2.10. The van der Waals surface area contributed by atoms with E-state index < -0.39 is 15.1 Å². The molecule has 1 atom stereocenters. The Morgan fingerprint density at radius 1 is 1.35 bits per heavy atom. The van der Waals surface area contributed by atoms with Gasteiger partial charge in [-0.3, -0.25) is 0 Å². The first-order chi connectivity index (χ1) is 9.37. The average molecular weight is 320 g/mol. The molecule has 112 valence electrons. The van der Waals surface area contributed by atoms with E-state index in [1.54, 1.807) is 6.92 Å². The SMILES string of the molecule is CC(CCCS(=O)(=O)Cl)NC(=O)OCc1ccccc1. The van der Waals surface area contributed by atoms with Gasteiger partial charge in [0.05, 0.1) is 5.75 Å².